The minimum Gasteiger partial charge on any atom is -0.457 e. The summed E-state index contributed by atoms with van der Waals surface area (Å²) in [6.45, 7) is 4.86. The molecule has 1 aliphatic heterocycles. The zero-order chi connectivity index (χ0) is 20.1. The van der Waals surface area contributed by atoms with Crippen LogP contribution >= 0.6 is 0 Å². The van der Waals surface area contributed by atoms with Gasteiger partial charge in [-0.15, -0.1) is 0 Å². The number of carbonyl (C=O) groups is 1. The molecular formula is C23H24N4O2. The number of nitrogens with one attached hydrogen (secondary N) is 1. The van der Waals surface area contributed by atoms with Gasteiger partial charge in [0, 0.05) is 37.6 Å². The van der Waals surface area contributed by atoms with Crippen molar-refractivity contribution in [3.8, 4) is 11.5 Å². The second-order valence-corrected chi connectivity index (χ2v) is 6.98. The molecule has 1 aliphatic rings. The molecule has 0 aliphatic carbocycles. The number of para-hydroxylation sites is 1. The van der Waals surface area contributed by atoms with Crippen LogP contribution in [-0.4, -0.2) is 42.1 Å². The van der Waals surface area contributed by atoms with Gasteiger partial charge in [0.15, 0.2) is 0 Å². The van der Waals surface area contributed by atoms with E-state index in [1.54, 1.807) is 0 Å². The zero-order valence-corrected chi connectivity index (χ0v) is 16.4. The average Bonchev–Trinajstić information content (AvgIpc) is 2.76. The molecule has 0 radical (unpaired) electrons. The number of urea groups is 1. The lowest BCUT2D eigenvalue weighted by Crippen LogP contribution is -2.50. The fourth-order valence-electron chi connectivity index (χ4n) is 3.28. The Bertz CT molecular complexity index is 952. The molecule has 1 saturated heterocycles. The predicted molar refractivity (Wildman–Crippen MR) is 115 cm³/mol. The van der Waals surface area contributed by atoms with Gasteiger partial charge in [0.25, 0.3) is 0 Å². The molecule has 0 saturated carbocycles. The smallest absolute Gasteiger partial charge is 0.321 e. The fourth-order valence-corrected chi connectivity index (χ4v) is 3.28. The molecule has 0 atom stereocenters. The number of hydrogen-bond donors (Lipinski definition) is 1. The Hall–Kier alpha value is -3.54. The molecule has 29 heavy (non-hydrogen) atoms. The highest BCUT2D eigenvalue weighted by molar-refractivity contribution is 5.89. The minimum atomic E-state index is -0.0846. The van der Waals surface area contributed by atoms with Gasteiger partial charge >= 0.3 is 6.03 Å². The van der Waals surface area contributed by atoms with Gasteiger partial charge in [-0.05, 0) is 55.5 Å². The Morgan fingerprint density at radius 2 is 1.55 bits per heavy atom. The Morgan fingerprint density at radius 1 is 0.862 bits per heavy atom. The second kappa shape index (κ2) is 8.65. The van der Waals surface area contributed by atoms with Crippen LogP contribution in [0.2, 0.25) is 0 Å². The van der Waals surface area contributed by atoms with Gasteiger partial charge < -0.3 is 19.9 Å². The molecule has 0 spiro atoms. The van der Waals surface area contributed by atoms with E-state index in [0.29, 0.717) is 13.1 Å². The number of pyridine rings is 1. The summed E-state index contributed by atoms with van der Waals surface area (Å²) >= 11 is 0. The van der Waals surface area contributed by atoms with E-state index in [2.05, 4.69) is 15.2 Å². The van der Waals surface area contributed by atoms with Gasteiger partial charge in [0.05, 0.1) is 0 Å². The molecule has 0 unspecified atom stereocenters. The lowest BCUT2D eigenvalue weighted by atomic mass is 10.3. The van der Waals surface area contributed by atoms with E-state index in [1.165, 1.54) is 0 Å². The molecule has 6 nitrogen and oxygen atoms in total. The topological polar surface area (TPSA) is 57.7 Å². The number of anilines is 2. The monoisotopic (exact) mass is 388 g/mol. The molecule has 2 aromatic carbocycles. The van der Waals surface area contributed by atoms with Gasteiger partial charge in [-0.2, -0.15) is 0 Å². The first kappa shape index (κ1) is 18.8. The maximum absolute atomic E-state index is 12.6. The second-order valence-electron chi connectivity index (χ2n) is 6.98. The predicted octanol–water partition coefficient (Wildman–Crippen LogP) is 4.54. The summed E-state index contributed by atoms with van der Waals surface area (Å²) in [5.41, 5.74) is 1.75. The Labute approximate surface area is 170 Å². The Morgan fingerprint density at radius 3 is 2.24 bits per heavy atom. The number of amides is 2. The molecular weight excluding hydrogens is 364 g/mol. The first-order valence-electron chi connectivity index (χ1n) is 9.75. The van der Waals surface area contributed by atoms with Crippen molar-refractivity contribution >= 4 is 17.5 Å². The van der Waals surface area contributed by atoms with Crippen molar-refractivity contribution in [3.05, 3.63) is 78.5 Å². The van der Waals surface area contributed by atoms with Gasteiger partial charge in [0.2, 0.25) is 0 Å². The highest BCUT2D eigenvalue weighted by Gasteiger charge is 2.22. The molecule has 2 heterocycles. The van der Waals surface area contributed by atoms with Crippen LogP contribution in [0.4, 0.5) is 16.3 Å². The Kier molecular flexibility index (Phi) is 5.61. The number of benzene rings is 2. The third kappa shape index (κ3) is 4.85. The number of rotatable bonds is 4. The zero-order valence-electron chi connectivity index (χ0n) is 16.4. The van der Waals surface area contributed by atoms with Crippen molar-refractivity contribution in [2.45, 2.75) is 6.92 Å². The third-order valence-corrected chi connectivity index (χ3v) is 4.85. The van der Waals surface area contributed by atoms with Crippen LogP contribution in [0, 0.1) is 6.92 Å². The number of ether oxygens (including phenoxy) is 1. The van der Waals surface area contributed by atoms with Crippen LogP contribution in [0.5, 0.6) is 11.5 Å². The maximum Gasteiger partial charge on any atom is 0.321 e. The molecule has 1 aromatic heterocycles. The van der Waals surface area contributed by atoms with Gasteiger partial charge in [-0.25, -0.2) is 9.78 Å². The Balaban J connectivity index is 1.29. The van der Waals surface area contributed by atoms with Gasteiger partial charge in [-0.1, -0.05) is 24.3 Å². The van der Waals surface area contributed by atoms with E-state index < -0.39 is 0 Å². The van der Waals surface area contributed by atoms with E-state index >= 15 is 0 Å². The molecule has 3 aromatic rings. The maximum atomic E-state index is 12.6. The van der Waals surface area contributed by atoms with Crippen LogP contribution in [-0.2, 0) is 0 Å². The normalized spacial score (nSPS) is 13.8. The molecule has 148 valence electrons. The number of aryl methyl sites for hydroxylation is 1. The highest BCUT2D eigenvalue weighted by Crippen LogP contribution is 2.23. The molecule has 0 bridgehead atoms. The van der Waals surface area contributed by atoms with Crippen LogP contribution in [0.15, 0.2) is 72.8 Å². The fraction of sp³-hybridized carbons (Fsp3) is 0.217. The summed E-state index contributed by atoms with van der Waals surface area (Å²) in [5.74, 6) is 2.48. The van der Waals surface area contributed by atoms with Crippen LogP contribution in [0.25, 0.3) is 0 Å². The largest absolute Gasteiger partial charge is 0.457 e. The van der Waals surface area contributed by atoms with Crippen molar-refractivity contribution in [2.24, 2.45) is 0 Å². The summed E-state index contributed by atoms with van der Waals surface area (Å²) in [7, 11) is 0. The third-order valence-electron chi connectivity index (χ3n) is 4.85. The SMILES string of the molecule is Cc1cccc(N2CCN(C(=O)Nc3ccc(Oc4ccccc4)cc3)CC2)n1. The van der Waals surface area contributed by atoms with Crippen molar-refractivity contribution < 1.29 is 9.53 Å². The van der Waals surface area contributed by atoms with Crippen LogP contribution in [0.1, 0.15) is 5.69 Å². The standard InChI is InChI=1S/C23H24N4O2/c1-18-6-5-9-22(24-18)26-14-16-27(17-15-26)23(28)25-19-10-12-21(13-11-19)29-20-7-3-2-4-8-20/h2-13H,14-17H2,1H3,(H,25,28). The van der Waals surface area contributed by atoms with Crippen molar-refractivity contribution in [1.82, 2.24) is 9.88 Å². The van der Waals surface area contributed by atoms with E-state index in [0.717, 1.165) is 41.8 Å². The van der Waals surface area contributed by atoms with Crippen molar-refractivity contribution in [2.75, 3.05) is 36.4 Å². The number of carbonyl (C=O) groups excluding carboxylic acids is 1. The summed E-state index contributed by atoms with van der Waals surface area (Å²) in [6, 6.07) is 23.0. The molecule has 1 fully saturated rings. The van der Waals surface area contributed by atoms with Crippen LogP contribution in [0.3, 0.4) is 0 Å². The molecule has 6 heteroatoms. The summed E-state index contributed by atoms with van der Waals surface area (Å²) in [6.07, 6.45) is 0. The van der Waals surface area contributed by atoms with E-state index in [1.807, 2.05) is 84.6 Å². The lowest BCUT2D eigenvalue weighted by molar-refractivity contribution is 0.208. The minimum absolute atomic E-state index is 0.0846. The number of piperazine rings is 1. The molecule has 1 N–H and O–H groups in total. The lowest BCUT2D eigenvalue weighted by Gasteiger charge is -2.35. The van der Waals surface area contributed by atoms with Crippen molar-refractivity contribution in [1.29, 1.82) is 0 Å². The molecule has 2 amide bonds. The van der Waals surface area contributed by atoms with Crippen molar-refractivity contribution in [3.63, 3.8) is 0 Å². The number of nitrogens with zero attached hydrogens (tertiary/aromatic N) is 3. The van der Waals surface area contributed by atoms with E-state index in [9.17, 15) is 4.79 Å². The summed E-state index contributed by atoms with van der Waals surface area (Å²) in [4.78, 5) is 21.2. The highest BCUT2D eigenvalue weighted by atomic mass is 16.5. The van der Waals surface area contributed by atoms with E-state index in [-0.39, 0.29) is 6.03 Å². The number of aromatic nitrogens is 1. The number of hydrogen-bond acceptors (Lipinski definition) is 4. The first-order valence-corrected chi connectivity index (χ1v) is 9.75. The average molecular weight is 388 g/mol. The quantitative estimate of drug-likeness (QED) is 0.713. The first-order chi connectivity index (χ1) is 14.2. The van der Waals surface area contributed by atoms with Crippen LogP contribution < -0.4 is 15.0 Å². The summed E-state index contributed by atoms with van der Waals surface area (Å²) in [5, 5.41) is 2.96. The molecule has 4 rings (SSSR count). The van der Waals surface area contributed by atoms with E-state index in [4.69, 9.17) is 4.74 Å². The van der Waals surface area contributed by atoms with Gasteiger partial charge in [0.1, 0.15) is 17.3 Å². The van der Waals surface area contributed by atoms with Gasteiger partial charge in [-0.3, -0.25) is 0 Å². The summed E-state index contributed by atoms with van der Waals surface area (Å²) < 4.78 is 5.78.